The summed E-state index contributed by atoms with van der Waals surface area (Å²) >= 11 is 3.35. The van der Waals surface area contributed by atoms with Gasteiger partial charge in [-0.3, -0.25) is 10.1 Å². The Hall–Kier alpha value is -2.80. The fourth-order valence-electron chi connectivity index (χ4n) is 2.24. The molecule has 0 atom stereocenters. The predicted octanol–water partition coefficient (Wildman–Crippen LogP) is 4.01. The summed E-state index contributed by atoms with van der Waals surface area (Å²) in [7, 11) is 0. The van der Waals surface area contributed by atoms with Crippen molar-refractivity contribution in [2.45, 2.75) is 6.92 Å². The smallest absolute Gasteiger partial charge is 0.363 e. The Kier molecular flexibility index (Phi) is 4.26. The van der Waals surface area contributed by atoms with E-state index in [0.29, 0.717) is 11.1 Å². The van der Waals surface area contributed by atoms with Crippen molar-refractivity contribution in [2.75, 3.05) is 0 Å². The zero-order valence-corrected chi connectivity index (χ0v) is 14.1. The Bertz CT molecular complexity index is 901. The van der Waals surface area contributed by atoms with Gasteiger partial charge in [0.2, 0.25) is 5.90 Å². The summed E-state index contributed by atoms with van der Waals surface area (Å²) in [5.74, 6) is -0.412. The van der Waals surface area contributed by atoms with Gasteiger partial charge in [-0.05, 0) is 42.8 Å². The van der Waals surface area contributed by atoms with Crippen molar-refractivity contribution in [2.24, 2.45) is 4.99 Å². The van der Waals surface area contributed by atoms with Crippen LogP contribution in [-0.2, 0) is 9.53 Å². The maximum atomic E-state index is 12.0. The van der Waals surface area contributed by atoms with E-state index in [1.54, 1.807) is 19.1 Å². The van der Waals surface area contributed by atoms with Crippen LogP contribution in [0, 0.1) is 17.0 Å². The number of nitro groups is 1. The topological polar surface area (TPSA) is 81.8 Å². The molecule has 120 valence electrons. The summed E-state index contributed by atoms with van der Waals surface area (Å²) in [4.78, 5) is 26.6. The Labute approximate surface area is 145 Å². The quantitative estimate of drug-likeness (QED) is 0.345. The number of hydrogen-bond donors (Lipinski definition) is 0. The Morgan fingerprint density at radius 1 is 1.21 bits per heavy atom. The summed E-state index contributed by atoms with van der Waals surface area (Å²) in [6.45, 7) is 1.62. The summed E-state index contributed by atoms with van der Waals surface area (Å²) < 4.78 is 6.11. The molecule has 0 N–H and O–H groups in total. The number of nitrogens with zero attached hydrogens (tertiary/aromatic N) is 2. The van der Waals surface area contributed by atoms with Crippen LogP contribution in [0.15, 0.2) is 57.6 Å². The number of cyclic esters (lactones) is 1. The second-order valence-corrected chi connectivity index (χ2v) is 6.06. The van der Waals surface area contributed by atoms with Crippen LogP contribution in [0.4, 0.5) is 5.69 Å². The molecule has 0 aliphatic carbocycles. The van der Waals surface area contributed by atoms with E-state index in [1.165, 1.54) is 12.1 Å². The highest BCUT2D eigenvalue weighted by molar-refractivity contribution is 9.10. The molecule has 1 aliphatic rings. The van der Waals surface area contributed by atoms with E-state index in [9.17, 15) is 14.9 Å². The molecule has 0 saturated carbocycles. The van der Waals surface area contributed by atoms with Gasteiger partial charge in [0.1, 0.15) is 0 Å². The average Bonchev–Trinajstić information content (AvgIpc) is 2.90. The molecule has 0 saturated heterocycles. The number of carbonyl (C=O) groups excluding carboxylic acids is 1. The largest absolute Gasteiger partial charge is 0.402 e. The summed E-state index contributed by atoms with van der Waals surface area (Å²) in [5, 5.41) is 10.9. The second-order valence-electron chi connectivity index (χ2n) is 5.15. The average molecular weight is 387 g/mol. The van der Waals surface area contributed by atoms with Gasteiger partial charge in [0.05, 0.1) is 4.92 Å². The van der Waals surface area contributed by atoms with E-state index in [1.807, 2.05) is 24.3 Å². The SMILES string of the molecule is Cc1cc(C2=N/C(=C\c3ccc(Br)cc3)C(=O)O2)ccc1[N+](=O)[O-]. The third kappa shape index (κ3) is 3.26. The van der Waals surface area contributed by atoms with E-state index < -0.39 is 10.9 Å². The highest BCUT2D eigenvalue weighted by Gasteiger charge is 2.25. The van der Waals surface area contributed by atoms with Crippen LogP contribution in [-0.4, -0.2) is 16.8 Å². The van der Waals surface area contributed by atoms with Gasteiger partial charge < -0.3 is 4.74 Å². The first-order valence-corrected chi connectivity index (χ1v) is 7.77. The summed E-state index contributed by atoms with van der Waals surface area (Å²) in [5.41, 5.74) is 2.00. The second kappa shape index (κ2) is 6.37. The predicted molar refractivity (Wildman–Crippen MR) is 92.6 cm³/mol. The molecular weight excluding hydrogens is 376 g/mol. The lowest BCUT2D eigenvalue weighted by molar-refractivity contribution is -0.385. The lowest BCUT2D eigenvalue weighted by Crippen LogP contribution is -2.06. The Morgan fingerprint density at radius 2 is 1.92 bits per heavy atom. The third-order valence-corrected chi connectivity index (χ3v) is 3.96. The molecule has 6 nitrogen and oxygen atoms in total. The van der Waals surface area contributed by atoms with E-state index in [4.69, 9.17) is 4.74 Å². The van der Waals surface area contributed by atoms with E-state index >= 15 is 0 Å². The van der Waals surface area contributed by atoms with Crippen LogP contribution in [0.25, 0.3) is 6.08 Å². The number of ether oxygens (including phenoxy) is 1. The number of carbonyl (C=O) groups is 1. The van der Waals surface area contributed by atoms with Gasteiger partial charge in [-0.2, -0.15) is 0 Å². The van der Waals surface area contributed by atoms with Gasteiger partial charge in [0, 0.05) is 21.7 Å². The molecule has 0 radical (unpaired) electrons. The van der Waals surface area contributed by atoms with Crippen molar-refractivity contribution in [3.8, 4) is 0 Å². The van der Waals surface area contributed by atoms with Gasteiger partial charge in [-0.25, -0.2) is 9.79 Å². The van der Waals surface area contributed by atoms with Gasteiger partial charge in [0.15, 0.2) is 5.70 Å². The zero-order chi connectivity index (χ0) is 17.3. The van der Waals surface area contributed by atoms with E-state index in [-0.39, 0.29) is 17.3 Å². The van der Waals surface area contributed by atoms with Crippen LogP contribution in [0.3, 0.4) is 0 Å². The maximum absolute atomic E-state index is 12.0. The van der Waals surface area contributed by atoms with Crippen molar-refractivity contribution < 1.29 is 14.5 Å². The van der Waals surface area contributed by atoms with Gasteiger partial charge in [-0.1, -0.05) is 28.1 Å². The zero-order valence-electron chi connectivity index (χ0n) is 12.5. The Morgan fingerprint density at radius 3 is 2.54 bits per heavy atom. The van der Waals surface area contributed by atoms with E-state index in [0.717, 1.165) is 10.0 Å². The molecule has 3 rings (SSSR count). The number of rotatable bonds is 3. The van der Waals surface area contributed by atoms with Crippen LogP contribution >= 0.6 is 15.9 Å². The number of nitro benzene ring substituents is 1. The molecule has 1 aliphatic heterocycles. The highest BCUT2D eigenvalue weighted by Crippen LogP contribution is 2.24. The fraction of sp³-hybridized carbons (Fsp3) is 0.0588. The number of aliphatic imine (C=N–C) groups is 1. The highest BCUT2D eigenvalue weighted by atomic mass is 79.9. The Balaban J connectivity index is 1.93. The monoisotopic (exact) mass is 386 g/mol. The maximum Gasteiger partial charge on any atom is 0.363 e. The first-order chi connectivity index (χ1) is 11.4. The van der Waals surface area contributed by atoms with Crippen LogP contribution in [0.5, 0.6) is 0 Å². The van der Waals surface area contributed by atoms with Crippen molar-refractivity contribution >= 4 is 39.6 Å². The lowest BCUT2D eigenvalue weighted by Gasteiger charge is -2.01. The first-order valence-electron chi connectivity index (χ1n) is 6.97. The van der Waals surface area contributed by atoms with Crippen LogP contribution < -0.4 is 0 Å². The number of esters is 1. The minimum Gasteiger partial charge on any atom is -0.402 e. The molecule has 0 fully saturated rings. The third-order valence-electron chi connectivity index (χ3n) is 3.43. The minimum absolute atomic E-state index is 0.00861. The molecule has 1 heterocycles. The number of hydrogen-bond acceptors (Lipinski definition) is 5. The van der Waals surface area contributed by atoms with Crippen molar-refractivity contribution in [1.29, 1.82) is 0 Å². The lowest BCUT2D eigenvalue weighted by atomic mass is 10.1. The molecule has 7 heteroatoms. The molecule has 0 aromatic heterocycles. The number of aryl methyl sites for hydroxylation is 1. The summed E-state index contributed by atoms with van der Waals surface area (Å²) in [6, 6.07) is 11.9. The molecule has 2 aromatic rings. The van der Waals surface area contributed by atoms with Crippen molar-refractivity contribution in [3.05, 3.63) is 79.4 Å². The van der Waals surface area contributed by atoms with Crippen molar-refractivity contribution in [3.63, 3.8) is 0 Å². The number of benzene rings is 2. The summed E-state index contributed by atoms with van der Waals surface area (Å²) in [6.07, 6.45) is 1.63. The fourth-order valence-corrected chi connectivity index (χ4v) is 2.51. The van der Waals surface area contributed by atoms with E-state index in [2.05, 4.69) is 20.9 Å². The minimum atomic E-state index is -0.552. The molecule has 0 bridgehead atoms. The van der Waals surface area contributed by atoms with Gasteiger partial charge >= 0.3 is 5.97 Å². The molecule has 2 aromatic carbocycles. The molecule has 0 spiro atoms. The molecular formula is C17H11BrN2O4. The number of halogens is 1. The van der Waals surface area contributed by atoms with Gasteiger partial charge in [0.25, 0.3) is 5.69 Å². The molecule has 24 heavy (non-hydrogen) atoms. The van der Waals surface area contributed by atoms with Crippen LogP contribution in [0.2, 0.25) is 0 Å². The van der Waals surface area contributed by atoms with Gasteiger partial charge in [-0.15, -0.1) is 0 Å². The molecule has 0 amide bonds. The standard InChI is InChI=1S/C17H11BrN2O4/c1-10-8-12(4-7-15(10)20(22)23)16-19-14(17(21)24-16)9-11-2-5-13(18)6-3-11/h2-9H,1H3/b14-9-. The van der Waals surface area contributed by atoms with Crippen LogP contribution in [0.1, 0.15) is 16.7 Å². The normalized spacial score (nSPS) is 15.3. The molecule has 0 unspecified atom stereocenters. The first kappa shape index (κ1) is 16.1. The van der Waals surface area contributed by atoms with Crippen molar-refractivity contribution in [1.82, 2.24) is 0 Å².